The van der Waals surface area contributed by atoms with Gasteiger partial charge in [-0.2, -0.15) is 11.3 Å². The van der Waals surface area contributed by atoms with Crippen molar-refractivity contribution in [2.24, 2.45) is 5.92 Å². The van der Waals surface area contributed by atoms with E-state index in [1.54, 1.807) is 35.9 Å². The van der Waals surface area contributed by atoms with Crippen LogP contribution >= 0.6 is 11.3 Å². The summed E-state index contributed by atoms with van der Waals surface area (Å²) >= 11 is 1.69. The van der Waals surface area contributed by atoms with E-state index in [0.29, 0.717) is 18.7 Å². The lowest BCUT2D eigenvalue weighted by Gasteiger charge is -2.35. The van der Waals surface area contributed by atoms with E-state index < -0.39 is 0 Å². The van der Waals surface area contributed by atoms with Crippen LogP contribution in [-0.4, -0.2) is 46.2 Å². The number of hydrogen-bond donors (Lipinski definition) is 0. The van der Waals surface area contributed by atoms with Crippen molar-refractivity contribution < 1.29 is 9.59 Å². The molecule has 0 saturated carbocycles. The summed E-state index contributed by atoms with van der Waals surface area (Å²) in [5, 5.41) is 4.24. The summed E-state index contributed by atoms with van der Waals surface area (Å²) in [5.41, 5.74) is 1.89. The van der Waals surface area contributed by atoms with E-state index in [4.69, 9.17) is 0 Å². The highest BCUT2D eigenvalue weighted by atomic mass is 32.1. The predicted octanol–water partition coefficient (Wildman–Crippen LogP) is 3.36. The Hall–Kier alpha value is -2.21. The first-order chi connectivity index (χ1) is 12.7. The zero-order valence-corrected chi connectivity index (χ0v) is 15.5. The van der Waals surface area contributed by atoms with Crippen molar-refractivity contribution in [1.29, 1.82) is 0 Å². The number of likely N-dealkylation sites (tertiary alicyclic amines) is 2. The van der Waals surface area contributed by atoms with Gasteiger partial charge in [-0.15, -0.1) is 0 Å². The summed E-state index contributed by atoms with van der Waals surface area (Å²) in [6.45, 7) is 2.14. The normalized spacial score (nSPS) is 21.2. The van der Waals surface area contributed by atoms with Gasteiger partial charge in [-0.25, -0.2) is 0 Å². The first-order valence-corrected chi connectivity index (χ1v) is 10.2. The molecule has 136 valence electrons. The van der Waals surface area contributed by atoms with E-state index in [2.05, 4.69) is 26.7 Å². The van der Waals surface area contributed by atoms with Crippen LogP contribution in [0, 0.1) is 5.92 Å². The molecular formula is C20H23N3O2S. The molecule has 4 heterocycles. The quantitative estimate of drug-likeness (QED) is 0.834. The molecule has 2 amide bonds. The fourth-order valence-electron chi connectivity index (χ4n) is 4.08. The molecule has 0 unspecified atom stereocenters. The Balaban J connectivity index is 1.37. The Bertz CT molecular complexity index is 755. The molecule has 2 aliphatic heterocycles. The number of aromatic nitrogens is 1. The van der Waals surface area contributed by atoms with E-state index in [0.717, 1.165) is 32.2 Å². The standard InChI is InChI=1S/C20H23N3O2S/c24-19(16-3-1-8-21-13-16)22-10-5-15(6-11-22)20(25)23-9-2-4-18(23)17-7-12-26-14-17/h1,3,7-8,12-15,18H,2,4-6,9-11H2/t18-/m0/s1. The molecular weight excluding hydrogens is 346 g/mol. The van der Waals surface area contributed by atoms with Crippen molar-refractivity contribution in [3.63, 3.8) is 0 Å². The number of carbonyl (C=O) groups is 2. The second-order valence-electron chi connectivity index (χ2n) is 7.05. The lowest BCUT2D eigenvalue weighted by Crippen LogP contribution is -2.44. The number of rotatable bonds is 3. The molecule has 0 N–H and O–H groups in total. The maximum absolute atomic E-state index is 13.1. The van der Waals surface area contributed by atoms with Gasteiger partial charge in [-0.05, 0) is 60.2 Å². The number of thiophene rings is 1. The first-order valence-electron chi connectivity index (χ1n) is 9.26. The maximum Gasteiger partial charge on any atom is 0.255 e. The lowest BCUT2D eigenvalue weighted by molar-refractivity contribution is -0.137. The summed E-state index contributed by atoms with van der Waals surface area (Å²) in [6, 6.07) is 5.95. The van der Waals surface area contributed by atoms with Crippen molar-refractivity contribution in [2.75, 3.05) is 19.6 Å². The van der Waals surface area contributed by atoms with Crippen molar-refractivity contribution >= 4 is 23.2 Å². The summed E-state index contributed by atoms with van der Waals surface area (Å²) in [7, 11) is 0. The number of pyridine rings is 1. The highest BCUT2D eigenvalue weighted by Crippen LogP contribution is 2.35. The van der Waals surface area contributed by atoms with Gasteiger partial charge in [0.15, 0.2) is 0 Å². The van der Waals surface area contributed by atoms with Crippen molar-refractivity contribution in [1.82, 2.24) is 14.8 Å². The van der Waals surface area contributed by atoms with Crippen molar-refractivity contribution in [3.8, 4) is 0 Å². The number of amides is 2. The molecule has 4 rings (SSSR count). The smallest absolute Gasteiger partial charge is 0.255 e. The molecule has 2 aliphatic rings. The van der Waals surface area contributed by atoms with Crippen LogP contribution in [0.5, 0.6) is 0 Å². The molecule has 2 aromatic heterocycles. The number of carbonyl (C=O) groups excluding carboxylic acids is 2. The first kappa shape index (κ1) is 17.2. The SMILES string of the molecule is O=C(c1cccnc1)N1CCC(C(=O)N2CCC[C@H]2c2ccsc2)CC1. The van der Waals surface area contributed by atoms with E-state index >= 15 is 0 Å². The third-order valence-corrected chi connectivity index (χ3v) is 6.21. The summed E-state index contributed by atoms with van der Waals surface area (Å²) < 4.78 is 0. The molecule has 26 heavy (non-hydrogen) atoms. The second-order valence-corrected chi connectivity index (χ2v) is 7.83. The van der Waals surface area contributed by atoms with E-state index in [9.17, 15) is 9.59 Å². The second kappa shape index (κ2) is 7.58. The highest BCUT2D eigenvalue weighted by molar-refractivity contribution is 7.08. The third-order valence-electron chi connectivity index (χ3n) is 5.50. The zero-order valence-electron chi connectivity index (χ0n) is 14.7. The average molecular weight is 369 g/mol. The molecule has 0 aliphatic carbocycles. The van der Waals surface area contributed by atoms with Gasteiger partial charge in [-0.1, -0.05) is 0 Å². The van der Waals surface area contributed by atoms with Crippen LogP contribution in [0.3, 0.4) is 0 Å². The van der Waals surface area contributed by atoms with Crippen LogP contribution in [0.4, 0.5) is 0 Å². The Morgan fingerprint density at radius 2 is 1.96 bits per heavy atom. The van der Waals surface area contributed by atoms with Gasteiger partial charge in [0.2, 0.25) is 5.91 Å². The van der Waals surface area contributed by atoms with E-state index in [1.807, 2.05) is 4.90 Å². The number of piperidine rings is 1. The fraction of sp³-hybridized carbons (Fsp3) is 0.450. The number of nitrogens with zero attached hydrogens (tertiary/aromatic N) is 3. The molecule has 0 radical (unpaired) electrons. The molecule has 2 saturated heterocycles. The largest absolute Gasteiger partial charge is 0.339 e. The minimum atomic E-state index is 0.0151. The van der Waals surface area contributed by atoms with Gasteiger partial charge in [0, 0.05) is 37.9 Å². The lowest BCUT2D eigenvalue weighted by atomic mass is 9.94. The maximum atomic E-state index is 13.1. The zero-order chi connectivity index (χ0) is 17.9. The Morgan fingerprint density at radius 1 is 1.12 bits per heavy atom. The summed E-state index contributed by atoms with van der Waals surface area (Å²) in [4.78, 5) is 33.5. The molecule has 0 aromatic carbocycles. The van der Waals surface area contributed by atoms with Crippen LogP contribution in [0.2, 0.25) is 0 Å². The van der Waals surface area contributed by atoms with Gasteiger partial charge < -0.3 is 9.80 Å². The van der Waals surface area contributed by atoms with Gasteiger partial charge in [0.05, 0.1) is 11.6 Å². The van der Waals surface area contributed by atoms with E-state index in [1.165, 1.54) is 5.56 Å². The van der Waals surface area contributed by atoms with Gasteiger partial charge in [0.25, 0.3) is 5.91 Å². The van der Waals surface area contributed by atoms with Gasteiger partial charge in [0.1, 0.15) is 0 Å². The fourth-order valence-corrected chi connectivity index (χ4v) is 4.78. The number of hydrogen-bond acceptors (Lipinski definition) is 4. The minimum Gasteiger partial charge on any atom is -0.339 e. The van der Waals surface area contributed by atoms with Crippen molar-refractivity contribution in [2.45, 2.75) is 31.7 Å². The van der Waals surface area contributed by atoms with Crippen LogP contribution in [-0.2, 0) is 4.79 Å². The topological polar surface area (TPSA) is 53.5 Å². The molecule has 6 heteroatoms. The molecule has 5 nitrogen and oxygen atoms in total. The molecule has 2 fully saturated rings. The highest BCUT2D eigenvalue weighted by Gasteiger charge is 2.36. The summed E-state index contributed by atoms with van der Waals surface area (Å²) in [5.74, 6) is 0.320. The van der Waals surface area contributed by atoms with Crippen LogP contribution in [0.15, 0.2) is 41.4 Å². The van der Waals surface area contributed by atoms with Gasteiger partial charge >= 0.3 is 0 Å². The van der Waals surface area contributed by atoms with Crippen LogP contribution in [0.25, 0.3) is 0 Å². The van der Waals surface area contributed by atoms with Crippen molar-refractivity contribution in [3.05, 3.63) is 52.5 Å². The Labute approximate surface area is 157 Å². The molecule has 0 bridgehead atoms. The van der Waals surface area contributed by atoms with Crippen LogP contribution < -0.4 is 0 Å². The van der Waals surface area contributed by atoms with E-state index in [-0.39, 0.29) is 23.8 Å². The van der Waals surface area contributed by atoms with Gasteiger partial charge in [-0.3, -0.25) is 14.6 Å². The summed E-state index contributed by atoms with van der Waals surface area (Å²) in [6.07, 6.45) is 6.90. The molecule has 1 atom stereocenters. The minimum absolute atomic E-state index is 0.0151. The Kier molecular flexibility index (Phi) is 5.02. The molecule has 0 spiro atoms. The average Bonchev–Trinajstić information content (AvgIpc) is 3.39. The third kappa shape index (κ3) is 3.38. The Morgan fingerprint density at radius 3 is 2.65 bits per heavy atom. The predicted molar refractivity (Wildman–Crippen MR) is 101 cm³/mol. The monoisotopic (exact) mass is 369 g/mol. The molecule has 2 aromatic rings. The van der Waals surface area contributed by atoms with Crippen LogP contribution in [0.1, 0.15) is 47.6 Å².